The molecule has 1 N–H and O–H groups in total. The van der Waals surface area contributed by atoms with Crippen LogP contribution in [0.2, 0.25) is 0 Å². The molecule has 29 heavy (non-hydrogen) atoms. The van der Waals surface area contributed by atoms with Crippen LogP contribution in [0.4, 0.5) is 17.2 Å². The van der Waals surface area contributed by atoms with Crippen molar-refractivity contribution in [3.05, 3.63) is 78.0 Å². The molecule has 6 heteroatoms. The van der Waals surface area contributed by atoms with Crippen molar-refractivity contribution >= 4 is 23.1 Å². The van der Waals surface area contributed by atoms with Gasteiger partial charge in [0.1, 0.15) is 0 Å². The summed E-state index contributed by atoms with van der Waals surface area (Å²) in [5.41, 5.74) is 3.81. The second kappa shape index (κ2) is 8.73. The summed E-state index contributed by atoms with van der Waals surface area (Å²) < 4.78 is 0. The average Bonchev–Trinajstić information content (AvgIpc) is 2.80. The molecular weight excluding hydrogens is 362 g/mol. The maximum Gasteiger partial charge on any atom is 0.274 e. The number of carbonyl (C=O) groups is 1. The lowest BCUT2D eigenvalue weighted by atomic mass is 10.1. The Morgan fingerprint density at radius 1 is 0.897 bits per heavy atom. The molecule has 2 aromatic carbocycles. The van der Waals surface area contributed by atoms with Crippen LogP contribution in [0.25, 0.3) is 0 Å². The molecule has 2 heterocycles. The van der Waals surface area contributed by atoms with Crippen LogP contribution >= 0.6 is 0 Å². The molecule has 1 aliphatic rings. The normalized spacial score (nSPS) is 14.0. The van der Waals surface area contributed by atoms with Crippen LogP contribution in [0.3, 0.4) is 0 Å². The number of anilines is 3. The van der Waals surface area contributed by atoms with Gasteiger partial charge in [-0.3, -0.25) is 4.79 Å². The lowest BCUT2D eigenvalue weighted by Gasteiger charge is -2.35. The van der Waals surface area contributed by atoms with E-state index in [1.165, 1.54) is 11.3 Å². The van der Waals surface area contributed by atoms with E-state index in [0.717, 1.165) is 25.2 Å². The molecule has 0 bridgehead atoms. The van der Waals surface area contributed by atoms with Gasteiger partial charge in [0.2, 0.25) is 0 Å². The first kappa shape index (κ1) is 18.9. The van der Waals surface area contributed by atoms with Gasteiger partial charge < -0.3 is 15.1 Å². The summed E-state index contributed by atoms with van der Waals surface area (Å²) in [4.78, 5) is 16.9. The molecule has 1 fully saturated rings. The molecule has 6 nitrogen and oxygen atoms in total. The predicted octanol–water partition coefficient (Wildman–Crippen LogP) is 3.75. The van der Waals surface area contributed by atoms with Crippen molar-refractivity contribution in [3.8, 4) is 0 Å². The van der Waals surface area contributed by atoms with Crippen molar-refractivity contribution in [2.75, 3.05) is 36.4 Å². The topological polar surface area (TPSA) is 61.4 Å². The minimum atomic E-state index is -0.0641. The Kier molecular flexibility index (Phi) is 5.70. The summed E-state index contributed by atoms with van der Waals surface area (Å²) in [6.07, 6.45) is 0.933. The molecular formula is C23H25N5O. The van der Waals surface area contributed by atoms with Gasteiger partial charge in [0, 0.05) is 37.6 Å². The lowest BCUT2D eigenvalue weighted by Crippen LogP contribution is -2.49. The van der Waals surface area contributed by atoms with E-state index in [4.69, 9.17) is 0 Å². The second-order valence-corrected chi connectivity index (χ2v) is 7.05. The number of nitrogens with zero attached hydrogens (tertiary/aromatic N) is 4. The van der Waals surface area contributed by atoms with Gasteiger partial charge >= 0.3 is 0 Å². The summed E-state index contributed by atoms with van der Waals surface area (Å²) in [5.74, 6) is 0.571. The van der Waals surface area contributed by atoms with Crippen LogP contribution in [0.5, 0.6) is 0 Å². The van der Waals surface area contributed by atoms with E-state index in [0.29, 0.717) is 24.6 Å². The number of hydrogen-bond acceptors (Lipinski definition) is 5. The fourth-order valence-corrected chi connectivity index (χ4v) is 3.57. The van der Waals surface area contributed by atoms with Gasteiger partial charge in [-0.1, -0.05) is 43.3 Å². The molecule has 4 rings (SSSR count). The largest absolute Gasteiger partial charge is 0.368 e. The minimum Gasteiger partial charge on any atom is -0.368 e. The highest BCUT2D eigenvalue weighted by Gasteiger charge is 2.23. The number of piperazine rings is 1. The van der Waals surface area contributed by atoms with Gasteiger partial charge in [-0.2, -0.15) is 0 Å². The van der Waals surface area contributed by atoms with Gasteiger partial charge in [-0.25, -0.2) is 0 Å². The first-order valence-corrected chi connectivity index (χ1v) is 10.0. The maximum atomic E-state index is 12.8. The first-order chi connectivity index (χ1) is 14.2. The molecule has 1 aromatic heterocycles. The van der Waals surface area contributed by atoms with E-state index in [1.807, 2.05) is 47.4 Å². The Bertz CT molecular complexity index is 951. The van der Waals surface area contributed by atoms with Gasteiger partial charge in [0.15, 0.2) is 11.5 Å². The Labute approximate surface area is 171 Å². The van der Waals surface area contributed by atoms with Crippen LogP contribution in [-0.4, -0.2) is 47.2 Å². The molecule has 0 aliphatic carbocycles. The molecule has 1 aliphatic heterocycles. The van der Waals surface area contributed by atoms with Crippen LogP contribution in [0.15, 0.2) is 66.7 Å². The summed E-state index contributed by atoms with van der Waals surface area (Å²) in [5, 5.41) is 11.7. The van der Waals surface area contributed by atoms with Crippen LogP contribution in [-0.2, 0) is 6.42 Å². The number of rotatable bonds is 5. The lowest BCUT2D eigenvalue weighted by molar-refractivity contribution is 0.0739. The first-order valence-electron chi connectivity index (χ1n) is 10.0. The van der Waals surface area contributed by atoms with Crippen molar-refractivity contribution in [3.63, 3.8) is 0 Å². The number of para-hydroxylation sites is 2. The number of aryl methyl sites for hydroxylation is 1. The standard InChI is InChI=1S/C23H25N5O/c1-2-18-8-6-7-11-20(18)24-22-13-12-21(25-26-22)23(29)28-16-14-27(15-17-28)19-9-4-3-5-10-19/h3-13H,2,14-17H2,1H3,(H,24,26). The molecule has 0 spiro atoms. The molecule has 0 saturated carbocycles. The fourth-order valence-electron chi connectivity index (χ4n) is 3.57. The van der Waals surface area contributed by atoms with Crippen molar-refractivity contribution in [1.29, 1.82) is 0 Å². The Hall–Kier alpha value is -3.41. The highest BCUT2D eigenvalue weighted by molar-refractivity contribution is 5.92. The highest BCUT2D eigenvalue weighted by Crippen LogP contribution is 2.20. The fraction of sp³-hybridized carbons (Fsp3) is 0.261. The van der Waals surface area contributed by atoms with E-state index in [2.05, 4.69) is 45.5 Å². The zero-order valence-electron chi connectivity index (χ0n) is 16.6. The van der Waals surface area contributed by atoms with Crippen molar-refractivity contribution in [2.24, 2.45) is 0 Å². The van der Waals surface area contributed by atoms with Gasteiger partial charge in [-0.15, -0.1) is 10.2 Å². The number of amides is 1. The van der Waals surface area contributed by atoms with Crippen molar-refractivity contribution < 1.29 is 4.79 Å². The summed E-state index contributed by atoms with van der Waals surface area (Å²) in [6.45, 7) is 5.11. The third-order valence-electron chi connectivity index (χ3n) is 5.23. The van der Waals surface area contributed by atoms with E-state index in [-0.39, 0.29) is 5.91 Å². The van der Waals surface area contributed by atoms with Crippen LogP contribution < -0.4 is 10.2 Å². The zero-order valence-corrected chi connectivity index (χ0v) is 16.6. The minimum absolute atomic E-state index is 0.0641. The SMILES string of the molecule is CCc1ccccc1Nc1ccc(C(=O)N2CCN(c3ccccc3)CC2)nn1. The van der Waals surface area contributed by atoms with E-state index in [1.54, 1.807) is 6.07 Å². The van der Waals surface area contributed by atoms with Crippen LogP contribution in [0, 0.1) is 0 Å². The summed E-state index contributed by atoms with van der Waals surface area (Å²) >= 11 is 0. The summed E-state index contributed by atoms with van der Waals surface area (Å²) in [6, 6.07) is 22.0. The Morgan fingerprint density at radius 2 is 1.62 bits per heavy atom. The smallest absolute Gasteiger partial charge is 0.274 e. The Balaban J connectivity index is 1.37. The highest BCUT2D eigenvalue weighted by atomic mass is 16.2. The number of hydrogen-bond donors (Lipinski definition) is 1. The number of benzene rings is 2. The molecule has 3 aromatic rings. The monoisotopic (exact) mass is 387 g/mol. The van der Waals surface area contributed by atoms with E-state index >= 15 is 0 Å². The van der Waals surface area contributed by atoms with E-state index < -0.39 is 0 Å². The third kappa shape index (κ3) is 4.37. The van der Waals surface area contributed by atoms with E-state index in [9.17, 15) is 4.79 Å². The maximum absolute atomic E-state index is 12.8. The quantitative estimate of drug-likeness (QED) is 0.723. The average molecular weight is 387 g/mol. The third-order valence-corrected chi connectivity index (χ3v) is 5.23. The number of nitrogens with one attached hydrogen (secondary N) is 1. The molecule has 0 unspecified atom stereocenters. The predicted molar refractivity (Wildman–Crippen MR) is 116 cm³/mol. The Morgan fingerprint density at radius 3 is 2.31 bits per heavy atom. The summed E-state index contributed by atoms with van der Waals surface area (Å²) in [7, 11) is 0. The molecule has 0 atom stereocenters. The van der Waals surface area contributed by atoms with Gasteiger partial charge in [0.05, 0.1) is 0 Å². The van der Waals surface area contributed by atoms with Crippen LogP contribution in [0.1, 0.15) is 23.0 Å². The second-order valence-electron chi connectivity index (χ2n) is 7.05. The number of aromatic nitrogens is 2. The number of carbonyl (C=O) groups excluding carboxylic acids is 1. The van der Waals surface area contributed by atoms with Crippen molar-refractivity contribution in [1.82, 2.24) is 15.1 Å². The molecule has 148 valence electrons. The molecule has 0 radical (unpaired) electrons. The van der Waals surface area contributed by atoms with Crippen molar-refractivity contribution in [2.45, 2.75) is 13.3 Å². The van der Waals surface area contributed by atoms with Gasteiger partial charge in [0.25, 0.3) is 5.91 Å². The molecule has 1 amide bonds. The van der Waals surface area contributed by atoms with Gasteiger partial charge in [-0.05, 0) is 42.3 Å². The molecule has 1 saturated heterocycles. The zero-order chi connectivity index (χ0) is 20.1.